The Kier molecular flexibility index (Phi) is 5.45. The molecule has 0 amide bonds. The van der Waals surface area contributed by atoms with Crippen molar-refractivity contribution in [2.45, 2.75) is 45.4 Å². The number of piperidine rings is 1. The van der Waals surface area contributed by atoms with Gasteiger partial charge < -0.3 is 4.74 Å². The van der Waals surface area contributed by atoms with Crippen molar-refractivity contribution in [3.05, 3.63) is 30.1 Å². The molecule has 0 aliphatic carbocycles. The van der Waals surface area contributed by atoms with Gasteiger partial charge in [0, 0.05) is 50.5 Å². The Morgan fingerprint density at radius 2 is 2.27 bits per heavy atom. The summed E-state index contributed by atoms with van der Waals surface area (Å²) < 4.78 is 6.20. The molecule has 2 fully saturated rings. The molecule has 4 nitrogen and oxygen atoms in total. The molecule has 2 saturated heterocycles. The summed E-state index contributed by atoms with van der Waals surface area (Å²) in [4.78, 5) is 9.38. The van der Waals surface area contributed by atoms with Crippen molar-refractivity contribution in [2.75, 3.05) is 32.8 Å². The molecule has 4 heteroatoms. The van der Waals surface area contributed by atoms with Crippen LogP contribution in [0.1, 0.15) is 32.3 Å². The third-order valence-corrected chi connectivity index (χ3v) is 5.30. The second-order valence-electron chi connectivity index (χ2n) is 6.81. The second kappa shape index (κ2) is 7.53. The first-order valence-electron chi connectivity index (χ1n) is 8.73. The Hall–Kier alpha value is -0.970. The highest BCUT2D eigenvalue weighted by atomic mass is 16.5. The SMILES string of the molecule is CCC(C)N1CC[C@@H]2CN(Cc3cccnc3)CCO[C@@H]2C1. The van der Waals surface area contributed by atoms with Gasteiger partial charge in [0.1, 0.15) is 0 Å². The molecule has 0 saturated carbocycles. The Morgan fingerprint density at radius 3 is 3.05 bits per heavy atom. The van der Waals surface area contributed by atoms with Crippen molar-refractivity contribution in [1.82, 2.24) is 14.8 Å². The van der Waals surface area contributed by atoms with E-state index in [9.17, 15) is 0 Å². The Morgan fingerprint density at radius 1 is 1.36 bits per heavy atom. The molecule has 0 N–H and O–H groups in total. The fraction of sp³-hybridized carbons (Fsp3) is 0.722. The maximum atomic E-state index is 6.20. The number of nitrogens with zero attached hydrogens (tertiary/aromatic N) is 3. The van der Waals surface area contributed by atoms with Crippen LogP contribution in [0.3, 0.4) is 0 Å². The number of hydrogen-bond acceptors (Lipinski definition) is 4. The highest BCUT2D eigenvalue weighted by Gasteiger charge is 2.34. The Bertz CT molecular complexity index is 453. The van der Waals surface area contributed by atoms with Gasteiger partial charge in [0.15, 0.2) is 0 Å². The first-order valence-corrected chi connectivity index (χ1v) is 8.73. The summed E-state index contributed by atoms with van der Waals surface area (Å²) >= 11 is 0. The van der Waals surface area contributed by atoms with E-state index in [-0.39, 0.29) is 0 Å². The maximum absolute atomic E-state index is 6.20. The lowest BCUT2D eigenvalue weighted by atomic mass is 9.92. The molecule has 0 spiro atoms. The minimum absolute atomic E-state index is 0.418. The maximum Gasteiger partial charge on any atom is 0.0743 e. The predicted octanol–water partition coefficient (Wildman–Crippen LogP) is 2.40. The fourth-order valence-corrected chi connectivity index (χ4v) is 3.69. The summed E-state index contributed by atoms with van der Waals surface area (Å²) in [7, 11) is 0. The number of likely N-dealkylation sites (tertiary alicyclic amines) is 1. The lowest BCUT2D eigenvalue weighted by Gasteiger charge is -2.40. The first-order chi connectivity index (χ1) is 10.8. The van der Waals surface area contributed by atoms with Gasteiger partial charge in [0.05, 0.1) is 12.7 Å². The third kappa shape index (κ3) is 3.86. The van der Waals surface area contributed by atoms with Gasteiger partial charge in [0.25, 0.3) is 0 Å². The van der Waals surface area contributed by atoms with Crippen LogP contribution < -0.4 is 0 Å². The van der Waals surface area contributed by atoms with Crippen LogP contribution in [-0.2, 0) is 11.3 Å². The molecule has 3 atom stereocenters. The van der Waals surface area contributed by atoms with Gasteiger partial charge in [-0.15, -0.1) is 0 Å². The normalized spacial score (nSPS) is 28.8. The van der Waals surface area contributed by atoms with E-state index in [0.717, 1.165) is 32.8 Å². The van der Waals surface area contributed by atoms with Gasteiger partial charge in [0.2, 0.25) is 0 Å². The quantitative estimate of drug-likeness (QED) is 0.854. The summed E-state index contributed by atoms with van der Waals surface area (Å²) in [5.41, 5.74) is 1.30. The van der Waals surface area contributed by atoms with Crippen molar-refractivity contribution in [1.29, 1.82) is 0 Å². The van der Waals surface area contributed by atoms with Gasteiger partial charge in [-0.2, -0.15) is 0 Å². The highest BCUT2D eigenvalue weighted by Crippen LogP contribution is 2.26. The lowest BCUT2D eigenvalue weighted by molar-refractivity contribution is -0.0323. The monoisotopic (exact) mass is 303 g/mol. The van der Waals surface area contributed by atoms with Gasteiger partial charge in [-0.1, -0.05) is 13.0 Å². The van der Waals surface area contributed by atoms with E-state index in [1.807, 2.05) is 18.5 Å². The largest absolute Gasteiger partial charge is 0.375 e. The van der Waals surface area contributed by atoms with Crippen molar-refractivity contribution >= 4 is 0 Å². The molecule has 0 radical (unpaired) electrons. The summed E-state index contributed by atoms with van der Waals surface area (Å²) in [6.07, 6.45) is 6.73. The molecular weight excluding hydrogens is 274 g/mol. The van der Waals surface area contributed by atoms with Gasteiger partial charge in [-0.05, 0) is 37.9 Å². The summed E-state index contributed by atoms with van der Waals surface area (Å²) in [5.74, 6) is 0.680. The molecule has 22 heavy (non-hydrogen) atoms. The van der Waals surface area contributed by atoms with Gasteiger partial charge in [-0.3, -0.25) is 14.8 Å². The van der Waals surface area contributed by atoms with Crippen molar-refractivity contribution in [3.63, 3.8) is 0 Å². The second-order valence-corrected chi connectivity index (χ2v) is 6.81. The van der Waals surface area contributed by atoms with E-state index in [1.54, 1.807) is 0 Å². The van der Waals surface area contributed by atoms with E-state index in [0.29, 0.717) is 18.1 Å². The molecule has 1 aromatic heterocycles. The van der Waals surface area contributed by atoms with E-state index < -0.39 is 0 Å². The molecule has 122 valence electrons. The van der Waals surface area contributed by atoms with Crippen LogP contribution in [0.5, 0.6) is 0 Å². The molecular formula is C18H29N3O. The lowest BCUT2D eigenvalue weighted by Crippen LogP contribution is -2.49. The standard InChI is InChI=1S/C18H29N3O/c1-3-15(2)21-8-6-17-13-20(9-10-22-18(17)14-21)12-16-5-4-7-19-11-16/h4-5,7,11,15,17-18H,3,6,8-10,12-14H2,1-2H3/t15?,17-,18-/m1/s1. The van der Waals surface area contributed by atoms with E-state index in [2.05, 4.69) is 34.7 Å². The molecule has 0 aromatic carbocycles. The van der Waals surface area contributed by atoms with Crippen LogP contribution in [0, 0.1) is 5.92 Å². The van der Waals surface area contributed by atoms with Crippen molar-refractivity contribution in [3.8, 4) is 0 Å². The molecule has 1 unspecified atom stereocenters. The fourth-order valence-electron chi connectivity index (χ4n) is 3.69. The number of ether oxygens (including phenoxy) is 1. The van der Waals surface area contributed by atoms with Crippen LogP contribution in [-0.4, -0.2) is 59.7 Å². The number of hydrogen-bond donors (Lipinski definition) is 0. The topological polar surface area (TPSA) is 28.6 Å². The molecule has 2 aliphatic heterocycles. The van der Waals surface area contributed by atoms with Crippen LogP contribution in [0.4, 0.5) is 0 Å². The molecule has 0 bridgehead atoms. The van der Waals surface area contributed by atoms with Crippen LogP contribution in [0.15, 0.2) is 24.5 Å². The molecule has 2 aliphatic rings. The number of aromatic nitrogens is 1. The number of pyridine rings is 1. The summed E-state index contributed by atoms with van der Waals surface area (Å²) in [5, 5.41) is 0. The third-order valence-electron chi connectivity index (χ3n) is 5.30. The summed E-state index contributed by atoms with van der Waals surface area (Å²) in [6, 6.07) is 4.87. The zero-order valence-corrected chi connectivity index (χ0v) is 13.9. The smallest absolute Gasteiger partial charge is 0.0743 e. The molecule has 3 rings (SSSR count). The predicted molar refractivity (Wildman–Crippen MR) is 88.7 cm³/mol. The number of rotatable bonds is 4. The zero-order chi connectivity index (χ0) is 15.4. The first kappa shape index (κ1) is 15.9. The zero-order valence-electron chi connectivity index (χ0n) is 13.9. The van der Waals surface area contributed by atoms with Crippen molar-refractivity contribution < 1.29 is 4.74 Å². The minimum atomic E-state index is 0.418. The van der Waals surface area contributed by atoms with Crippen LogP contribution in [0.2, 0.25) is 0 Å². The average Bonchev–Trinajstić information content (AvgIpc) is 2.76. The number of fused-ring (bicyclic) bond motifs is 1. The Labute approximate surface area is 134 Å². The van der Waals surface area contributed by atoms with Gasteiger partial charge in [-0.25, -0.2) is 0 Å². The van der Waals surface area contributed by atoms with Crippen molar-refractivity contribution in [2.24, 2.45) is 5.92 Å². The van der Waals surface area contributed by atoms with E-state index >= 15 is 0 Å². The summed E-state index contributed by atoms with van der Waals surface area (Å²) in [6.45, 7) is 11.0. The molecule has 3 heterocycles. The minimum Gasteiger partial charge on any atom is -0.375 e. The van der Waals surface area contributed by atoms with E-state index in [1.165, 1.54) is 24.9 Å². The Balaban J connectivity index is 1.58. The van der Waals surface area contributed by atoms with Crippen LogP contribution in [0.25, 0.3) is 0 Å². The van der Waals surface area contributed by atoms with Crippen LogP contribution >= 0.6 is 0 Å². The highest BCUT2D eigenvalue weighted by molar-refractivity contribution is 5.08. The average molecular weight is 303 g/mol. The molecule has 1 aromatic rings. The van der Waals surface area contributed by atoms with E-state index in [4.69, 9.17) is 4.74 Å². The van der Waals surface area contributed by atoms with Gasteiger partial charge >= 0.3 is 0 Å².